The molecule has 104 valence electrons. The van der Waals surface area contributed by atoms with Gasteiger partial charge in [0, 0.05) is 5.69 Å². The lowest BCUT2D eigenvalue weighted by Crippen LogP contribution is -2.51. The quantitative estimate of drug-likeness (QED) is 0.765. The lowest BCUT2D eigenvalue weighted by Gasteiger charge is -2.21. The Morgan fingerprint density at radius 1 is 1.21 bits per heavy atom. The van der Waals surface area contributed by atoms with Gasteiger partial charge in [0.15, 0.2) is 0 Å². The average Bonchev–Trinajstić information content (AvgIpc) is 2.31. The first-order chi connectivity index (χ1) is 8.85. The van der Waals surface area contributed by atoms with Crippen LogP contribution in [0.2, 0.25) is 0 Å². The molecule has 1 aromatic rings. The Balaban J connectivity index is 2.60. The molecule has 0 unspecified atom stereocenters. The van der Waals surface area contributed by atoms with Crippen LogP contribution in [0.25, 0.3) is 0 Å². The Morgan fingerprint density at radius 2 is 1.79 bits per heavy atom. The van der Waals surface area contributed by atoms with Gasteiger partial charge in [0.2, 0.25) is 0 Å². The van der Waals surface area contributed by atoms with Gasteiger partial charge in [-0.1, -0.05) is 25.5 Å². The van der Waals surface area contributed by atoms with Crippen molar-refractivity contribution in [1.29, 1.82) is 0 Å². The summed E-state index contributed by atoms with van der Waals surface area (Å²) in [7, 11) is 0. The number of benzene rings is 1. The normalized spacial score (nSPS) is 10.9. The van der Waals surface area contributed by atoms with Crippen molar-refractivity contribution in [2.24, 2.45) is 0 Å². The Hall–Kier alpha value is -2.04. The van der Waals surface area contributed by atoms with E-state index in [-0.39, 0.29) is 0 Å². The molecule has 3 N–H and O–H groups in total. The van der Waals surface area contributed by atoms with Gasteiger partial charge in [-0.05, 0) is 38.0 Å². The fourth-order valence-electron chi connectivity index (χ4n) is 1.54. The number of amides is 2. The number of carboxylic acid groups (broad SMARTS) is 1. The molecule has 0 fully saturated rings. The molecule has 2 amide bonds. The van der Waals surface area contributed by atoms with Gasteiger partial charge in [-0.2, -0.15) is 0 Å². The highest BCUT2D eigenvalue weighted by molar-refractivity contribution is 5.93. The predicted octanol–water partition coefficient (Wildman–Crippen LogP) is 2.62. The number of carbonyl (C=O) groups excluding carboxylic acids is 1. The highest BCUT2D eigenvalue weighted by Gasteiger charge is 2.28. The third-order valence-corrected chi connectivity index (χ3v) is 2.71. The highest BCUT2D eigenvalue weighted by atomic mass is 16.4. The topological polar surface area (TPSA) is 78.4 Å². The van der Waals surface area contributed by atoms with Gasteiger partial charge in [0.1, 0.15) is 5.54 Å². The van der Waals surface area contributed by atoms with Gasteiger partial charge in [0.25, 0.3) is 0 Å². The summed E-state index contributed by atoms with van der Waals surface area (Å²) in [5.41, 5.74) is 0.546. The van der Waals surface area contributed by atoms with E-state index in [4.69, 9.17) is 5.11 Å². The smallest absolute Gasteiger partial charge is 0.328 e. The summed E-state index contributed by atoms with van der Waals surface area (Å²) < 4.78 is 0. The second-order valence-corrected chi connectivity index (χ2v) is 4.96. The van der Waals surface area contributed by atoms with E-state index >= 15 is 0 Å². The zero-order chi connectivity index (χ0) is 14.5. The fourth-order valence-corrected chi connectivity index (χ4v) is 1.54. The van der Waals surface area contributed by atoms with Crippen LogP contribution in [0, 0.1) is 0 Å². The summed E-state index contributed by atoms with van der Waals surface area (Å²) in [5.74, 6) is -1.08. The molecule has 0 spiro atoms. The van der Waals surface area contributed by atoms with Gasteiger partial charge in [-0.15, -0.1) is 0 Å². The van der Waals surface area contributed by atoms with Crippen LogP contribution in [-0.4, -0.2) is 22.6 Å². The lowest BCUT2D eigenvalue weighted by molar-refractivity contribution is -0.142. The van der Waals surface area contributed by atoms with Crippen LogP contribution in [0.15, 0.2) is 24.3 Å². The molecule has 0 aliphatic carbocycles. The molecule has 5 nitrogen and oxygen atoms in total. The minimum Gasteiger partial charge on any atom is -0.480 e. The first kappa shape index (κ1) is 15.0. The molecule has 1 rings (SSSR count). The van der Waals surface area contributed by atoms with Crippen molar-refractivity contribution in [1.82, 2.24) is 5.32 Å². The van der Waals surface area contributed by atoms with Crippen LogP contribution in [0.3, 0.4) is 0 Å². The molecule has 0 atom stereocenters. The molecule has 0 aliphatic rings. The van der Waals surface area contributed by atoms with Crippen molar-refractivity contribution in [2.75, 3.05) is 5.32 Å². The Morgan fingerprint density at radius 3 is 2.26 bits per heavy atom. The number of urea groups is 1. The maximum atomic E-state index is 11.7. The van der Waals surface area contributed by atoms with Crippen molar-refractivity contribution in [3.63, 3.8) is 0 Å². The minimum absolute atomic E-state index is 0.532. The van der Waals surface area contributed by atoms with Crippen molar-refractivity contribution >= 4 is 17.7 Å². The predicted molar refractivity (Wildman–Crippen MR) is 74.3 cm³/mol. The Labute approximate surface area is 113 Å². The largest absolute Gasteiger partial charge is 0.480 e. The number of anilines is 1. The lowest BCUT2D eigenvalue weighted by atomic mass is 10.1. The molecule has 0 saturated carbocycles. The number of carboxylic acids is 1. The summed E-state index contributed by atoms with van der Waals surface area (Å²) in [6.07, 6.45) is 2.07. The van der Waals surface area contributed by atoms with Gasteiger partial charge in [0.05, 0.1) is 0 Å². The molecule has 5 heteroatoms. The molecular formula is C14H20N2O3. The standard InChI is InChI=1S/C14H20N2O3/c1-4-5-10-6-8-11(9-7-10)15-13(19)16-14(2,3)12(17)18/h6-9H,4-5H2,1-3H3,(H,17,18)(H2,15,16,19). The van der Waals surface area contributed by atoms with Crippen molar-refractivity contribution in [2.45, 2.75) is 39.2 Å². The number of hydrogen-bond donors (Lipinski definition) is 3. The first-order valence-corrected chi connectivity index (χ1v) is 6.26. The number of aryl methyl sites for hydroxylation is 1. The van der Waals surface area contributed by atoms with E-state index in [2.05, 4.69) is 17.6 Å². The Bertz CT molecular complexity index is 452. The molecule has 0 saturated heterocycles. The van der Waals surface area contributed by atoms with E-state index in [0.717, 1.165) is 12.8 Å². The van der Waals surface area contributed by atoms with Gasteiger partial charge >= 0.3 is 12.0 Å². The van der Waals surface area contributed by atoms with Crippen LogP contribution in [0.4, 0.5) is 10.5 Å². The maximum Gasteiger partial charge on any atom is 0.328 e. The summed E-state index contributed by atoms with van der Waals surface area (Å²) in [5, 5.41) is 13.9. The zero-order valence-electron chi connectivity index (χ0n) is 11.5. The number of nitrogens with one attached hydrogen (secondary N) is 2. The first-order valence-electron chi connectivity index (χ1n) is 6.26. The van der Waals surface area contributed by atoms with E-state index in [9.17, 15) is 9.59 Å². The van der Waals surface area contributed by atoms with Gasteiger partial charge < -0.3 is 15.7 Å². The van der Waals surface area contributed by atoms with E-state index in [1.807, 2.05) is 12.1 Å². The molecule has 1 aromatic carbocycles. The molecule has 0 aromatic heterocycles. The maximum absolute atomic E-state index is 11.7. The zero-order valence-corrected chi connectivity index (χ0v) is 11.5. The summed E-state index contributed by atoms with van der Waals surface area (Å²) >= 11 is 0. The second-order valence-electron chi connectivity index (χ2n) is 4.96. The monoisotopic (exact) mass is 264 g/mol. The Kier molecular flexibility index (Phi) is 4.92. The van der Waals surface area contributed by atoms with E-state index in [1.54, 1.807) is 12.1 Å². The molecular weight excluding hydrogens is 244 g/mol. The SMILES string of the molecule is CCCc1ccc(NC(=O)NC(C)(C)C(=O)O)cc1. The van der Waals surface area contributed by atoms with E-state index in [1.165, 1.54) is 19.4 Å². The molecule has 0 bridgehead atoms. The minimum atomic E-state index is -1.30. The molecule has 0 aliphatic heterocycles. The fraction of sp³-hybridized carbons (Fsp3) is 0.429. The number of aliphatic carboxylic acids is 1. The van der Waals surface area contributed by atoms with Crippen LogP contribution in [0.1, 0.15) is 32.8 Å². The highest BCUT2D eigenvalue weighted by Crippen LogP contribution is 2.11. The van der Waals surface area contributed by atoms with Crippen LogP contribution in [-0.2, 0) is 11.2 Å². The number of rotatable bonds is 5. The van der Waals surface area contributed by atoms with Crippen LogP contribution in [0.5, 0.6) is 0 Å². The van der Waals surface area contributed by atoms with E-state index in [0.29, 0.717) is 5.69 Å². The molecule has 0 heterocycles. The average molecular weight is 264 g/mol. The van der Waals surface area contributed by atoms with Crippen LogP contribution < -0.4 is 10.6 Å². The van der Waals surface area contributed by atoms with Crippen molar-refractivity contribution < 1.29 is 14.7 Å². The van der Waals surface area contributed by atoms with Gasteiger partial charge in [-0.25, -0.2) is 9.59 Å². The molecule has 0 radical (unpaired) electrons. The third-order valence-electron chi connectivity index (χ3n) is 2.71. The van der Waals surface area contributed by atoms with E-state index < -0.39 is 17.5 Å². The number of carbonyl (C=O) groups is 2. The summed E-state index contributed by atoms with van der Waals surface area (Å²) in [6.45, 7) is 4.96. The number of hydrogen-bond acceptors (Lipinski definition) is 2. The summed E-state index contributed by atoms with van der Waals surface area (Å²) in [4.78, 5) is 22.5. The second kappa shape index (κ2) is 6.22. The van der Waals surface area contributed by atoms with Crippen LogP contribution >= 0.6 is 0 Å². The third kappa shape index (κ3) is 4.62. The van der Waals surface area contributed by atoms with Gasteiger partial charge in [-0.3, -0.25) is 0 Å². The summed E-state index contributed by atoms with van der Waals surface area (Å²) in [6, 6.07) is 6.97. The van der Waals surface area contributed by atoms with Crippen molar-refractivity contribution in [3.05, 3.63) is 29.8 Å². The van der Waals surface area contributed by atoms with Crippen molar-refractivity contribution in [3.8, 4) is 0 Å². The molecule has 19 heavy (non-hydrogen) atoms.